The molecule has 0 radical (unpaired) electrons. The molecule has 4 nitrogen and oxygen atoms in total. The fraction of sp³-hybridized carbons (Fsp3) is 0.261. The zero-order valence-corrected chi connectivity index (χ0v) is 17.3. The van der Waals surface area contributed by atoms with E-state index in [1.807, 2.05) is 0 Å². The van der Waals surface area contributed by atoms with E-state index in [0.29, 0.717) is 0 Å². The summed E-state index contributed by atoms with van der Waals surface area (Å²) in [6.07, 6.45) is 1.97. The zero-order valence-electron chi connectivity index (χ0n) is 17.3. The fourth-order valence-electron chi connectivity index (χ4n) is 3.07. The monoisotopic (exact) mass is 468 g/mol. The number of halogens is 6. The van der Waals surface area contributed by atoms with Gasteiger partial charge in [0.1, 0.15) is 28.8 Å². The number of aromatic nitrogens is 2. The van der Waals surface area contributed by atoms with Gasteiger partial charge < -0.3 is 4.74 Å². The van der Waals surface area contributed by atoms with E-state index < -0.39 is 46.5 Å². The van der Waals surface area contributed by atoms with Crippen LogP contribution in [0.1, 0.15) is 47.7 Å². The highest BCUT2D eigenvalue weighted by Crippen LogP contribution is 2.35. The average Bonchev–Trinajstić information content (AvgIpc) is 2.72. The van der Waals surface area contributed by atoms with E-state index in [9.17, 15) is 31.1 Å². The van der Waals surface area contributed by atoms with E-state index in [4.69, 9.17) is 0 Å². The lowest BCUT2D eigenvalue weighted by molar-refractivity contribution is -0.142. The molecule has 0 fully saturated rings. The first kappa shape index (κ1) is 24.2. The molecule has 0 N–H and O–H groups in total. The van der Waals surface area contributed by atoms with Crippen LogP contribution in [-0.2, 0) is 12.6 Å². The largest absolute Gasteiger partial charge is 0.423 e. The van der Waals surface area contributed by atoms with Crippen LogP contribution in [0.15, 0.2) is 42.7 Å². The van der Waals surface area contributed by atoms with E-state index >= 15 is 0 Å². The van der Waals surface area contributed by atoms with Crippen molar-refractivity contribution in [3.8, 4) is 17.1 Å². The SMILES string of the molecule is CCCCCc1cnc(-c2ccc(C(=O)Oc3cc(F)c(C(F)(F)F)c(F)c3)c(F)c2)nc1. The van der Waals surface area contributed by atoms with E-state index in [0.717, 1.165) is 43.4 Å². The molecule has 1 heterocycles. The highest BCUT2D eigenvalue weighted by atomic mass is 19.4. The van der Waals surface area contributed by atoms with Crippen LogP contribution in [0.25, 0.3) is 11.4 Å². The first-order valence-electron chi connectivity index (χ1n) is 9.99. The van der Waals surface area contributed by atoms with Crippen molar-refractivity contribution in [3.05, 3.63) is 76.9 Å². The molecule has 0 aliphatic heterocycles. The van der Waals surface area contributed by atoms with Crippen LogP contribution in [0.4, 0.5) is 26.3 Å². The lowest BCUT2D eigenvalue weighted by atomic mass is 10.1. The number of nitrogens with zero attached hydrogens (tertiary/aromatic N) is 2. The van der Waals surface area contributed by atoms with Crippen molar-refractivity contribution >= 4 is 5.97 Å². The number of alkyl halides is 3. The maximum Gasteiger partial charge on any atom is 0.422 e. The van der Waals surface area contributed by atoms with Gasteiger partial charge in [-0.15, -0.1) is 0 Å². The van der Waals surface area contributed by atoms with Crippen molar-refractivity contribution in [1.82, 2.24) is 9.97 Å². The molecular weight excluding hydrogens is 450 g/mol. The van der Waals surface area contributed by atoms with Gasteiger partial charge in [-0.1, -0.05) is 25.8 Å². The van der Waals surface area contributed by atoms with Crippen LogP contribution >= 0.6 is 0 Å². The van der Waals surface area contributed by atoms with Gasteiger partial charge in [0.25, 0.3) is 0 Å². The van der Waals surface area contributed by atoms with Crippen molar-refractivity contribution in [2.45, 2.75) is 38.8 Å². The molecule has 0 unspecified atom stereocenters. The molecule has 0 bridgehead atoms. The molecular formula is C23H18F6N2O2. The van der Waals surface area contributed by atoms with E-state index in [-0.39, 0.29) is 23.5 Å². The summed E-state index contributed by atoms with van der Waals surface area (Å²) >= 11 is 0. The molecule has 2 aromatic carbocycles. The second-order valence-electron chi connectivity index (χ2n) is 7.22. The molecule has 0 spiro atoms. The topological polar surface area (TPSA) is 52.1 Å². The van der Waals surface area contributed by atoms with Crippen LogP contribution in [0.2, 0.25) is 0 Å². The first-order valence-corrected chi connectivity index (χ1v) is 9.99. The molecule has 174 valence electrons. The standard InChI is InChI=1S/C23H18F6N2O2/c1-2-3-4-5-13-11-30-21(31-12-13)14-6-7-16(17(24)8-14)22(32)33-15-9-18(25)20(19(26)10-15)23(27,28)29/h6-12H,2-5H2,1H3. The zero-order chi connectivity index (χ0) is 24.2. The third-order valence-electron chi connectivity index (χ3n) is 4.73. The fourth-order valence-corrected chi connectivity index (χ4v) is 3.07. The lowest BCUT2D eigenvalue weighted by Gasteiger charge is -2.11. The van der Waals surface area contributed by atoms with Crippen LogP contribution in [-0.4, -0.2) is 15.9 Å². The normalized spacial score (nSPS) is 11.5. The number of benzene rings is 2. The molecule has 3 aromatic rings. The number of rotatable bonds is 7. The predicted molar refractivity (Wildman–Crippen MR) is 107 cm³/mol. The summed E-state index contributed by atoms with van der Waals surface area (Å²) in [7, 11) is 0. The molecule has 33 heavy (non-hydrogen) atoms. The molecule has 0 aliphatic carbocycles. The van der Waals surface area contributed by atoms with E-state index in [1.54, 1.807) is 12.4 Å². The molecule has 0 amide bonds. The van der Waals surface area contributed by atoms with E-state index in [1.165, 1.54) is 6.07 Å². The Balaban J connectivity index is 1.75. The summed E-state index contributed by atoms with van der Waals surface area (Å²) < 4.78 is 84.4. The number of hydrogen-bond acceptors (Lipinski definition) is 4. The molecule has 0 atom stereocenters. The second kappa shape index (κ2) is 10.0. The van der Waals surface area contributed by atoms with Gasteiger partial charge in [-0.3, -0.25) is 0 Å². The van der Waals surface area contributed by atoms with Gasteiger partial charge in [-0.25, -0.2) is 27.9 Å². The van der Waals surface area contributed by atoms with Crippen molar-refractivity contribution in [1.29, 1.82) is 0 Å². The third kappa shape index (κ3) is 5.88. The number of unbranched alkanes of at least 4 members (excludes halogenated alkanes) is 2. The van der Waals surface area contributed by atoms with Gasteiger partial charge in [0.05, 0.1) is 5.56 Å². The Labute approximate surface area is 185 Å². The van der Waals surface area contributed by atoms with Gasteiger partial charge in [-0.05, 0) is 30.5 Å². The molecule has 10 heteroatoms. The maximum absolute atomic E-state index is 14.5. The third-order valence-corrected chi connectivity index (χ3v) is 4.73. The van der Waals surface area contributed by atoms with Crippen molar-refractivity contribution in [3.63, 3.8) is 0 Å². The molecule has 1 aromatic heterocycles. The summed E-state index contributed by atoms with van der Waals surface area (Å²) in [5, 5.41) is 0. The van der Waals surface area contributed by atoms with Crippen molar-refractivity contribution < 1.29 is 35.9 Å². The number of carbonyl (C=O) groups is 1. The Morgan fingerprint density at radius 3 is 2.12 bits per heavy atom. The summed E-state index contributed by atoms with van der Waals surface area (Å²) in [5.74, 6) is -6.91. The van der Waals surface area contributed by atoms with Crippen LogP contribution < -0.4 is 4.74 Å². The Kier molecular flexibility index (Phi) is 7.35. The highest BCUT2D eigenvalue weighted by molar-refractivity contribution is 5.91. The van der Waals surface area contributed by atoms with Crippen LogP contribution in [0.5, 0.6) is 5.75 Å². The Hall–Kier alpha value is -3.43. The Morgan fingerprint density at radius 2 is 1.58 bits per heavy atom. The minimum atomic E-state index is -5.27. The van der Waals surface area contributed by atoms with Crippen molar-refractivity contribution in [2.24, 2.45) is 0 Å². The number of ether oxygens (including phenoxy) is 1. The van der Waals surface area contributed by atoms with Gasteiger partial charge in [-0.2, -0.15) is 13.2 Å². The maximum atomic E-state index is 14.5. The van der Waals surface area contributed by atoms with Crippen LogP contribution in [0.3, 0.4) is 0 Å². The van der Waals surface area contributed by atoms with Gasteiger partial charge in [0, 0.05) is 30.1 Å². The summed E-state index contributed by atoms with van der Waals surface area (Å²) in [6, 6.07) is 3.79. The minimum absolute atomic E-state index is 0.200. The smallest absolute Gasteiger partial charge is 0.422 e. The molecule has 0 saturated heterocycles. The molecule has 0 saturated carbocycles. The molecule has 3 rings (SSSR count). The van der Waals surface area contributed by atoms with Crippen molar-refractivity contribution in [2.75, 3.05) is 0 Å². The number of aryl methyl sites for hydroxylation is 1. The highest BCUT2D eigenvalue weighted by Gasteiger charge is 2.38. The minimum Gasteiger partial charge on any atom is -0.423 e. The lowest BCUT2D eigenvalue weighted by Crippen LogP contribution is -2.14. The number of hydrogen-bond donors (Lipinski definition) is 0. The van der Waals surface area contributed by atoms with Gasteiger partial charge in [0.15, 0.2) is 5.82 Å². The Morgan fingerprint density at radius 1 is 0.939 bits per heavy atom. The molecule has 0 aliphatic rings. The second-order valence-corrected chi connectivity index (χ2v) is 7.22. The summed E-state index contributed by atoms with van der Waals surface area (Å²) in [5.41, 5.74) is -1.50. The van der Waals surface area contributed by atoms with Crippen LogP contribution in [0, 0.1) is 17.5 Å². The first-order chi connectivity index (χ1) is 15.6. The summed E-state index contributed by atoms with van der Waals surface area (Å²) in [4.78, 5) is 20.6. The Bertz CT molecular complexity index is 1120. The predicted octanol–water partition coefficient (Wildman–Crippen LogP) is 6.53. The van der Waals surface area contributed by atoms with Gasteiger partial charge >= 0.3 is 12.1 Å². The van der Waals surface area contributed by atoms with E-state index in [2.05, 4.69) is 21.6 Å². The number of carbonyl (C=O) groups excluding carboxylic acids is 1. The average molecular weight is 468 g/mol. The summed E-state index contributed by atoms with van der Waals surface area (Å²) in [6.45, 7) is 2.09. The van der Waals surface area contributed by atoms with Gasteiger partial charge in [0.2, 0.25) is 0 Å². The quantitative estimate of drug-likeness (QED) is 0.171. The number of esters is 1.